The van der Waals surface area contributed by atoms with Gasteiger partial charge in [0.2, 0.25) is 6.79 Å². The minimum Gasteiger partial charge on any atom is -0.427 e. The Morgan fingerprint density at radius 1 is 1.24 bits per heavy atom. The van der Waals surface area contributed by atoms with Crippen molar-refractivity contribution in [2.24, 2.45) is 10.6 Å². The highest BCUT2D eigenvalue weighted by Gasteiger charge is 2.54. The van der Waals surface area contributed by atoms with E-state index in [1.807, 2.05) is 13.0 Å². The molecule has 2 amide bonds. The molecule has 13 nitrogen and oxygen atoms in total. The van der Waals surface area contributed by atoms with Crippen LogP contribution in [0.5, 0.6) is 0 Å². The number of aromatic nitrogens is 2. The molecule has 2 aliphatic rings. The molecule has 0 saturated carbocycles. The molecule has 0 aromatic carbocycles. The number of amides is 2. The van der Waals surface area contributed by atoms with Crippen LogP contribution in [0.25, 0.3) is 6.08 Å². The molecule has 2 aliphatic heterocycles. The van der Waals surface area contributed by atoms with Crippen molar-refractivity contribution in [1.29, 1.82) is 0 Å². The molecule has 0 unspecified atom stereocenters. The topological polar surface area (TPSA) is 175 Å². The molecule has 41 heavy (non-hydrogen) atoms. The fraction of sp³-hybridized carbons (Fsp3) is 0.400. The minimum atomic E-state index is -0.957. The van der Waals surface area contributed by atoms with Gasteiger partial charge in [0.1, 0.15) is 29.9 Å². The van der Waals surface area contributed by atoms with Crippen LogP contribution in [0.2, 0.25) is 0 Å². The van der Waals surface area contributed by atoms with Crippen molar-refractivity contribution in [1.82, 2.24) is 20.2 Å². The van der Waals surface area contributed by atoms with Crippen LogP contribution in [0, 0.1) is 12.3 Å². The van der Waals surface area contributed by atoms with Gasteiger partial charge in [0, 0.05) is 16.0 Å². The molecule has 1 saturated heterocycles. The van der Waals surface area contributed by atoms with Gasteiger partial charge in [-0.3, -0.25) is 19.3 Å². The molecule has 2 aromatic heterocycles. The lowest BCUT2D eigenvalue weighted by atomic mass is 9.98. The molecule has 16 heteroatoms. The minimum absolute atomic E-state index is 0.00697. The van der Waals surface area contributed by atoms with Gasteiger partial charge in [-0.05, 0) is 39.3 Å². The average Bonchev–Trinajstić information content (AvgIpc) is 3.54. The first-order valence-electron chi connectivity index (χ1n) is 12.2. The van der Waals surface area contributed by atoms with Gasteiger partial charge in [-0.25, -0.2) is 14.8 Å². The molecule has 3 N–H and O–H groups in total. The number of nitrogens with zero attached hydrogens (tertiary/aromatic N) is 4. The average molecular weight is 621 g/mol. The second-order valence-corrected chi connectivity index (χ2v) is 12.7. The summed E-state index contributed by atoms with van der Waals surface area (Å²) in [7, 11) is 1.28. The number of β-lactam (4-membered cyclic amide) rings is 1. The highest BCUT2D eigenvalue weighted by Crippen LogP contribution is 2.41. The standard InChI is InChI=1S/C25H28N6O7S3/c1-12-15(41-10-27-12)7-6-13-8-39-21-17(29-19(32)16(30-36-5)14-9-40-24(26)28-14)20(33)31(21)18(13)22(34)37-11-38-23(35)25(2,3)4/h6-7,9-10,17,21H,8,11H2,1-5H3,(H2,26,28)(H,29,32)/b7-6-,30-16-/t17-,21-/m1/s1. The smallest absolute Gasteiger partial charge is 0.358 e. The predicted octanol–water partition coefficient (Wildman–Crippen LogP) is 2.30. The summed E-state index contributed by atoms with van der Waals surface area (Å²) in [5, 5.41) is 7.59. The molecule has 0 aliphatic carbocycles. The van der Waals surface area contributed by atoms with Crippen molar-refractivity contribution >= 4 is 75.1 Å². The monoisotopic (exact) mass is 620 g/mol. The number of fused-ring (bicyclic) bond motifs is 1. The van der Waals surface area contributed by atoms with E-state index in [0.717, 1.165) is 21.9 Å². The Bertz CT molecular complexity index is 1460. The molecule has 2 aromatic rings. The number of allylic oxidation sites excluding steroid dienone is 1. The van der Waals surface area contributed by atoms with Crippen molar-refractivity contribution in [3.63, 3.8) is 0 Å². The maximum absolute atomic E-state index is 13.3. The quantitative estimate of drug-likeness (QED) is 0.138. The van der Waals surface area contributed by atoms with Gasteiger partial charge in [0.05, 0.1) is 16.6 Å². The predicted molar refractivity (Wildman–Crippen MR) is 155 cm³/mol. The Hall–Kier alpha value is -3.76. The lowest BCUT2D eigenvalue weighted by Gasteiger charge is -2.49. The molecular formula is C25H28N6O7S3. The van der Waals surface area contributed by atoms with E-state index >= 15 is 0 Å². The number of hydrogen-bond donors (Lipinski definition) is 2. The molecule has 2 atom stereocenters. The van der Waals surface area contributed by atoms with Crippen molar-refractivity contribution in [3.8, 4) is 0 Å². The summed E-state index contributed by atoms with van der Waals surface area (Å²) in [6, 6.07) is -0.957. The van der Waals surface area contributed by atoms with Crippen LogP contribution >= 0.6 is 34.4 Å². The van der Waals surface area contributed by atoms with Crippen LogP contribution in [0.1, 0.15) is 37.0 Å². The van der Waals surface area contributed by atoms with Crippen molar-refractivity contribution in [2.45, 2.75) is 39.1 Å². The number of ether oxygens (including phenoxy) is 2. The molecule has 1 fully saturated rings. The Balaban J connectivity index is 1.55. The van der Waals surface area contributed by atoms with E-state index < -0.39 is 47.4 Å². The zero-order valence-corrected chi connectivity index (χ0v) is 25.3. The molecule has 218 valence electrons. The second-order valence-electron chi connectivity index (χ2n) is 9.80. The highest BCUT2D eigenvalue weighted by atomic mass is 32.2. The lowest BCUT2D eigenvalue weighted by molar-refractivity contribution is -0.173. The summed E-state index contributed by atoms with van der Waals surface area (Å²) in [6.07, 6.45) is 3.55. The van der Waals surface area contributed by atoms with Crippen LogP contribution in [0.15, 0.2) is 33.4 Å². The zero-order chi connectivity index (χ0) is 29.9. The normalized spacial score (nSPS) is 19.1. The van der Waals surface area contributed by atoms with E-state index in [0.29, 0.717) is 11.3 Å². The van der Waals surface area contributed by atoms with Crippen molar-refractivity contribution in [3.05, 3.63) is 44.5 Å². The third-order valence-electron chi connectivity index (χ3n) is 5.85. The van der Waals surface area contributed by atoms with Crippen LogP contribution in [0.4, 0.5) is 5.13 Å². The van der Waals surface area contributed by atoms with Gasteiger partial charge >= 0.3 is 11.9 Å². The third-order valence-corrected chi connectivity index (χ3v) is 8.72. The summed E-state index contributed by atoms with van der Waals surface area (Å²) in [6.45, 7) is 6.27. The van der Waals surface area contributed by atoms with Crippen LogP contribution in [0.3, 0.4) is 0 Å². The highest BCUT2D eigenvalue weighted by molar-refractivity contribution is 8.00. The Morgan fingerprint density at radius 2 is 2.00 bits per heavy atom. The number of thioether (sulfide) groups is 1. The maximum atomic E-state index is 13.3. The summed E-state index contributed by atoms with van der Waals surface area (Å²) < 4.78 is 10.3. The van der Waals surface area contributed by atoms with E-state index in [1.165, 1.54) is 35.1 Å². The van der Waals surface area contributed by atoms with Gasteiger partial charge in [-0.15, -0.1) is 34.4 Å². The first-order chi connectivity index (χ1) is 19.4. The van der Waals surface area contributed by atoms with Gasteiger partial charge in [-0.1, -0.05) is 11.2 Å². The fourth-order valence-electron chi connectivity index (χ4n) is 3.73. The molecule has 4 rings (SSSR count). The SMILES string of the molecule is CO/N=C(\C(=O)N[C@@H]1C(=O)N2C(C(=O)OCOC(=O)C(C)(C)C)=C(/C=C\c3scnc3C)CS[C@H]12)c1csc(N)n1. The second kappa shape index (κ2) is 12.4. The molecule has 4 heterocycles. The number of aryl methyl sites for hydroxylation is 1. The number of nitrogens with two attached hydrogens (primary N) is 1. The number of hydrogen-bond acceptors (Lipinski definition) is 14. The van der Waals surface area contributed by atoms with Crippen LogP contribution < -0.4 is 11.1 Å². The summed E-state index contributed by atoms with van der Waals surface area (Å²) in [5.74, 6) is -2.26. The van der Waals surface area contributed by atoms with Gasteiger partial charge in [-0.2, -0.15) is 0 Å². The summed E-state index contributed by atoms with van der Waals surface area (Å²) in [5.41, 5.74) is 8.03. The Morgan fingerprint density at radius 3 is 2.61 bits per heavy atom. The zero-order valence-electron chi connectivity index (χ0n) is 22.8. The number of esters is 2. The number of rotatable bonds is 9. The Kier molecular flexibility index (Phi) is 9.14. The number of nitrogen functional groups attached to an aromatic ring is 1. The number of carbonyl (C=O) groups excluding carboxylic acids is 4. The van der Waals surface area contributed by atoms with Gasteiger partial charge < -0.3 is 25.4 Å². The number of thiazole rings is 2. The van der Waals surface area contributed by atoms with Crippen LogP contribution in [-0.4, -0.2) is 75.4 Å². The van der Waals surface area contributed by atoms with E-state index in [1.54, 1.807) is 37.7 Å². The number of anilines is 1. The summed E-state index contributed by atoms with van der Waals surface area (Å²) >= 11 is 3.92. The maximum Gasteiger partial charge on any atom is 0.358 e. The molecule has 0 radical (unpaired) electrons. The van der Waals surface area contributed by atoms with Gasteiger partial charge in [0.25, 0.3) is 11.8 Å². The number of carbonyl (C=O) groups is 4. The van der Waals surface area contributed by atoms with E-state index in [9.17, 15) is 19.2 Å². The van der Waals surface area contributed by atoms with Crippen LogP contribution in [-0.2, 0) is 33.5 Å². The van der Waals surface area contributed by atoms with Crippen molar-refractivity contribution < 1.29 is 33.5 Å². The number of oxime groups is 1. The molecular weight excluding hydrogens is 593 g/mol. The fourth-order valence-corrected chi connectivity index (χ4v) is 6.29. The van der Waals surface area contributed by atoms with E-state index in [4.69, 9.17) is 20.0 Å². The Labute approximate surface area is 247 Å². The third kappa shape index (κ3) is 6.60. The van der Waals surface area contributed by atoms with E-state index in [-0.39, 0.29) is 22.2 Å². The first-order valence-corrected chi connectivity index (χ1v) is 15.0. The first kappa shape index (κ1) is 30.2. The largest absolute Gasteiger partial charge is 0.427 e. The van der Waals surface area contributed by atoms with Gasteiger partial charge in [0.15, 0.2) is 10.8 Å². The molecule has 0 spiro atoms. The lowest BCUT2D eigenvalue weighted by Crippen LogP contribution is -2.71. The molecule has 0 bridgehead atoms. The number of nitrogens with one attached hydrogen (secondary N) is 1. The van der Waals surface area contributed by atoms with E-state index in [2.05, 4.69) is 20.4 Å². The summed E-state index contributed by atoms with van der Waals surface area (Å²) in [4.78, 5) is 67.0. The van der Waals surface area contributed by atoms with Crippen molar-refractivity contribution in [2.75, 3.05) is 25.4 Å².